The minimum Gasteiger partial charge on any atom is -0.223 e. The van der Waals surface area contributed by atoms with E-state index in [0.29, 0.717) is 5.69 Å². The molecule has 0 fully saturated rings. The molecule has 0 unspecified atom stereocenters. The molecule has 0 aliphatic heterocycles. The van der Waals surface area contributed by atoms with Crippen LogP contribution in [0.2, 0.25) is 0 Å². The fraction of sp³-hybridized carbons (Fsp3) is 0.125. The third kappa shape index (κ3) is 2.67. The first kappa shape index (κ1) is 14.2. The summed E-state index contributed by atoms with van der Waals surface area (Å²) >= 11 is 1.53. The molecule has 2 heterocycles. The van der Waals surface area contributed by atoms with E-state index < -0.39 is 0 Å². The molecule has 0 atom stereocenters. The molecule has 0 aliphatic carbocycles. The molecular weight excluding hydrogens is 294 g/mol. The number of aromatic nitrogens is 4. The Labute approximate surface area is 132 Å². The number of thiazole rings is 1. The van der Waals surface area contributed by atoms with Gasteiger partial charge in [-0.1, -0.05) is 53.0 Å². The Bertz CT molecular complexity index is 848. The van der Waals surface area contributed by atoms with Crippen molar-refractivity contribution in [1.29, 1.82) is 5.26 Å². The van der Waals surface area contributed by atoms with Crippen LogP contribution >= 0.6 is 11.3 Å². The van der Waals surface area contributed by atoms with Crippen molar-refractivity contribution in [2.75, 3.05) is 0 Å². The summed E-state index contributed by atoms with van der Waals surface area (Å²) in [4.78, 5) is 5.61. The van der Waals surface area contributed by atoms with Gasteiger partial charge < -0.3 is 0 Å². The maximum Gasteiger partial charge on any atom is 0.212 e. The van der Waals surface area contributed by atoms with Crippen LogP contribution in [0.15, 0.2) is 30.3 Å². The minimum absolute atomic E-state index is 0.290. The van der Waals surface area contributed by atoms with E-state index in [0.717, 1.165) is 21.3 Å². The molecule has 0 saturated heterocycles. The van der Waals surface area contributed by atoms with Crippen LogP contribution in [0.1, 0.15) is 27.5 Å². The van der Waals surface area contributed by atoms with Crippen LogP contribution < -0.4 is 0 Å². The second-order valence-corrected chi connectivity index (χ2v) is 5.91. The van der Waals surface area contributed by atoms with Crippen molar-refractivity contribution in [2.24, 2.45) is 0 Å². The van der Waals surface area contributed by atoms with Gasteiger partial charge in [0.2, 0.25) is 5.13 Å². The van der Waals surface area contributed by atoms with Gasteiger partial charge in [0, 0.05) is 4.88 Å². The van der Waals surface area contributed by atoms with Crippen molar-refractivity contribution in [1.82, 2.24) is 20.0 Å². The number of rotatable bonds is 3. The molecule has 0 N–H and O–H groups in total. The summed E-state index contributed by atoms with van der Waals surface area (Å²) in [6.07, 6.45) is 3.78. The smallest absolute Gasteiger partial charge is 0.212 e. The highest BCUT2D eigenvalue weighted by Crippen LogP contribution is 2.22. The largest absolute Gasteiger partial charge is 0.223 e. The quantitative estimate of drug-likeness (QED) is 0.744. The van der Waals surface area contributed by atoms with E-state index in [1.165, 1.54) is 11.3 Å². The SMILES string of the molecule is Cc1nc(-n2nnc(C#N)c2/C=C/c2ccccc2)sc1C. The Morgan fingerprint density at radius 2 is 1.95 bits per heavy atom. The summed E-state index contributed by atoms with van der Waals surface area (Å²) in [6.45, 7) is 3.97. The number of nitriles is 1. The molecule has 6 heteroatoms. The molecule has 3 aromatic rings. The lowest BCUT2D eigenvalue weighted by molar-refractivity contribution is 0.789. The summed E-state index contributed by atoms with van der Waals surface area (Å²) in [7, 11) is 0. The highest BCUT2D eigenvalue weighted by Gasteiger charge is 2.15. The van der Waals surface area contributed by atoms with E-state index in [-0.39, 0.29) is 5.69 Å². The van der Waals surface area contributed by atoms with Crippen molar-refractivity contribution < 1.29 is 0 Å². The molecule has 0 aliphatic rings. The monoisotopic (exact) mass is 307 g/mol. The Morgan fingerprint density at radius 1 is 1.18 bits per heavy atom. The van der Waals surface area contributed by atoms with Crippen LogP contribution in [0.4, 0.5) is 0 Å². The lowest BCUT2D eigenvalue weighted by atomic mass is 10.2. The lowest BCUT2D eigenvalue weighted by Gasteiger charge is -1.98. The van der Waals surface area contributed by atoms with Crippen molar-refractivity contribution in [2.45, 2.75) is 13.8 Å². The van der Waals surface area contributed by atoms with Crippen LogP contribution in [0.3, 0.4) is 0 Å². The predicted molar refractivity (Wildman–Crippen MR) is 86.6 cm³/mol. The van der Waals surface area contributed by atoms with Crippen LogP contribution in [-0.4, -0.2) is 20.0 Å². The third-order valence-corrected chi connectivity index (χ3v) is 4.29. The zero-order valence-corrected chi connectivity index (χ0v) is 13.0. The second kappa shape index (κ2) is 5.92. The maximum atomic E-state index is 9.22. The van der Waals surface area contributed by atoms with Crippen LogP contribution in [0.5, 0.6) is 0 Å². The highest BCUT2D eigenvalue weighted by atomic mass is 32.1. The van der Waals surface area contributed by atoms with Gasteiger partial charge in [0.05, 0.1) is 5.69 Å². The summed E-state index contributed by atoms with van der Waals surface area (Å²) in [5, 5.41) is 17.9. The van der Waals surface area contributed by atoms with Crippen molar-refractivity contribution in [3.05, 3.63) is 57.9 Å². The Balaban J connectivity index is 2.05. The van der Waals surface area contributed by atoms with Crippen molar-refractivity contribution in [3.8, 4) is 11.2 Å². The summed E-state index contributed by atoms with van der Waals surface area (Å²) in [5.41, 5.74) is 2.94. The highest BCUT2D eigenvalue weighted by molar-refractivity contribution is 7.14. The Hall–Kier alpha value is -2.78. The zero-order chi connectivity index (χ0) is 15.5. The second-order valence-electron chi connectivity index (χ2n) is 4.73. The molecule has 0 saturated carbocycles. The first-order chi connectivity index (χ1) is 10.7. The normalized spacial score (nSPS) is 11.0. The molecule has 5 nitrogen and oxygen atoms in total. The van der Waals surface area contributed by atoms with Gasteiger partial charge >= 0.3 is 0 Å². The van der Waals surface area contributed by atoms with E-state index >= 15 is 0 Å². The average Bonchev–Trinajstić information content (AvgIpc) is 3.09. The van der Waals surface area contributed by atoms with Gasteiger partial charge in [0.15, 0.2) is 5.69 Å². The van der Waals surface area contributed by atoms with Crippen LogP contribution in [0.25, 0.3) is 17.3 Å². The van der Waals surface area contributed by atoms with Crippen LogP contribution in [-0.2, 0) is 0 Å². The number of nitrogens with zero attached hydrogens (tertiary/aromatic N) is 5. The van der Waals surface area contributed by atoms with Crippen molar-refractivity contribution in [3.63, 3.8) is 0 Å². The van der Waals surface area contributed by atoms with Gasteiger partial charge in [0.1, 0.15) is 11.8 Å². The molecule has 0 radical (unpaired) electrons. The molecule has 108 valence electrons. The van der Waals surface area contributed by atoms with Crippen molar-refractivity contribution >= 4 is 23.5 Å². The molecule has 2 aromatic heterocycles. The molecule has 0 amide bonds. The Kier molecular flexibility index (Phi) is 3.81. The molecule has 22 heavy (non-hydrogen) atoms. The minimum atomic E-state index is 0.290. The van der Waals surface area contributed by atoms with Gasteiger partial charge in [0.25, 0.3) is 0 Å². The standard InChI is InChI=1S/C16H13N5S/c1-11-12(2)22-16(18-11)21-15(14(10-17)19-20-21)9-8-13-6-4-3-5-7-13/h3-9H,1-2H3/b9-8+. The molecule has 3 rings (SSSR count). The fourth-order valence-electron chi connectivity index (χ4n) is 1.95. The topological polar surface area (TPSA) is 67.4 Å². The fourth-order valence-corrected chi connectivity index (χ4v) is 2.82. The number of hydrogen-bond acceptors (Lipinski definition) is 5. The lowest BCUT2D eigenvalue weighted by Crippen LogP contribution is -1.99. The summed E-state index contributed by atoms with van der Waals surface area (Å²) < 4.78 is 1.61. The van der Waals surface area contributed by atoms with E-state index in [1.807, 2.05) is 56.3 Å². The summed E-state index contributed by atoms with van der Waals surface area (Å²) in [5.74, 6) is 0. The van der Waals surface area contributed by atoms with Gasteiger partial charge in [-0.3, -0.25) is 0 Å². The Morgan fingerprint density at radius 3 is 2.59 bits per heavy atom. The maximum absolute atomic E-state index is 9.22. The molecule has 0 bridgehead atoms. The van der Waals surface area contributed by atoms with Gasteiger partial charge in [-0.15, -0.1) is 5.10 Å². The van der Waals surface area contributed by atoms with Crippen LogP contribution in [0, 0.1) is 25.2 Å². The molecule has 0 spiro atoms. The predicted octanol–water partition coefficient (Wildman–Crippen LogP) is 3.38. The third-order valence-electron chi connectivity index (χ3n) is 3.24. The average molecular weight is 307 g/mol. The molecule has 1 aromatic carbocycles. The van der Waals surface area contributed by atoms with E-state index in [9.17, 15) is 5.26 Å². The van der Waals surface area contributed by atoms with Gasteiger partial charge in [-0.05, 0) is 25.5 Å². The first-order valence-electron chi connectivity index (χ1n) is 6.72. The number of hydrogen-bond donors (Lipinski definition) is 0. The first-order valence-corrected chi connectivity index (χ1v) is 7.54. The van der Waals surface area contributed by atoms with E-state index in [1.54, 1.807) is 4.68 Å². The van der Waals surface area contributed by atoms with Gasteiger partial charge in [-0.2, -0.15) is 9.94 Å². The van der Waals surface area contributed by atoms with E-state index in [2.05, 4.69) is 21.4 Å². The zero-order valence-electron chi connectivity index (χ0n) is 12.2. The molecular formula is C16H13N5S. The number of aryl methyl sites for hydroxylation is 2. The number of benzene rings is 1. The summed E-state index contributed by atoms with van der Waals surface area (Å²) in [6, 6.07) is 12.0. The van der Waals surface area contributed by atoms with Gasteiger partial charge in [-0.25, -0.2) is 4.98 Å². The van der Waals surface area contributed by atoms with E-state index in [4.69, 9.17) is 0 Å².